The van der Waals surface area contributed by atoms with Crippen molar-refractivity contribution in [3.8, 4) is 11.3 Å². The molecule has 80 valence electrons. The van der Waals surface area contributed by atoms with Gasteiger partial charge in [-0.05, 0) is 37.3 Å². The monoisotopic (exact) mass is 215 g/mol. The van der Waals surface area contributed by atoms with E-state index in [4.69, 9.17) is 0 Å². The fraction of sp³-hybridized carbons (Fsp3) is 0.0769. The molecule has 0 aliphatic heterocycles. The number of ketones is 1. The van der Waals surface area contributed by atoms with Gasteiger partial charge in [0.25, 0.3) is 0 Å². The van der Waals surface area contributed by atoms with Crippen molar-refractivity contribution < 1.29 is 9.18 Å². The highest BCUT2D eigenvalue weighted by Crippen LogP contribution is 2.23. The molecule has 0 fully saturated rings. The Morgan fingerprint density at radius 1 is 1.25 bits per heavy atom. The number of carbonyl (C=O) groups is 1. The molecule has 0 radical (unpaired) electrons. The summed E-state index contributed by atoms with van der Waals surface area (Å²) in [7, 11) is 0. The largest absolute Gasteiger partial charge is 0.294 e. The smallest absolute Gasteiger partial charge is 0.160 e. The molecule has 1 heterocycles. The molecule has 0 saturated heterocycles. The molecule has 0 spiro atoms. The molecule has 0 atom stereocenters. The van der Waals surface area contributed by atoms with Gasteiger partial charge in [0.2, 0.25) is 0 Å². The Labute approximate surface area is 92.8 Å². The van der Waals surface area contributed by atoms with Gasteiger partial charge in [0.15, 0.2) is 5.78 Å². The fourth-order valence-corrected chi connectivity index (χ4v) is 1.56. The second-order valence-corrected chi connectivity index (χ2v) is 3.46. The third-order valence-corrected chi connectivity index (χ3v) is 2.30. The Balaban J connectivity index is 2.63. The summed E-state index contributed by atoms with van der Waals surface area (Å²) in [5.41, 5.74) is 1.63. The van der Waals surface area contributed by atoms with E-state index in [0.29, 0.717) is 16.8 Å². The van der Waals surface area contributed by atoms with E-state index in [1.807, 2.05) is 0 Å². The molecule has 1 aromatic carbocycles. The van der Waals surface area contributed by atoms with Crippen LogP contribution in [0.3, 0.4) is 0 Å². The molecule has 0 N–H and O–H groups in total. The second-order valence-electron chi connectivity index (χ2n) is 3.46. The molecule has 3 heteroatoms. The van der Waals surface area contributed by atoms with Crippen LogP contribution in [0.2, 0.25) is 0 Å². The molecule has 0 unspecified atom stereocenters. The first kappa shape index (κ1) is 10.5. The maximum atomic E-state index is 13.2. The molecule has 0 aliphatic rings. The minimum atomic E-state index is -0.370. The molecule has 0 bridgehead atoms. The minimum absolute atomic E-state index is 0.0966. The number of carbonyl (C=O) groups excluding carboxylic acids is 1. The average molecular weight is 215 g/mol. The number of pyridine rings is 1. The summed E-state index contributed by atoms with van der Waals surface area (Å²) < 4.78 is 13.2. The van der Waals surface area contributed by atoms with Crippen LogP contribution in [-0.4, -0.2) is 10.8 Å². The number of halogens is 1. The molecular formula is C13H10FNO. The lowest BCUT2D eigenvalue weighted by atomic mass is 10.0. The van der Waals surface area contributed by atoms with E-state index in [2.05, 4.69) is 4.98 Å². The van der Waals surface area contributed by atoms with Crippen molar-refractivity contribution in [2.45, 2.75) is 6.92 Å². The number of hydrogen-bond acceptors (Lipinski definition) is 2. The maximum absolute atomic E-state index is 13.2. The van der Waals surface area contributed by atoms with Crippen molar-refractivity contribution in [2.75, 3.05) is 0 Å². The van der Waals surface area contributed by atoms with Crippen molar-refractivity contribution in [2.24, 2.45) is 0 Å². The minimum Gasteiger partial charge on any atom is -0.294 e. The summed E-state index contributed by atoms with van der Waals surface area (Å²) in [5, 5.41) is 0. The molecule has 16 heavy (non-hydrogen) atoms. The van der Waals surface area contributed by atoms with Gasteiger partial charge < -0.3 is 0 Å². The maximum Gasteiger partial charge on any atom is 0.160 e. The van der Waals surface area contributed by atoms with Crippen LogP contribution in [0.25, 0.3) is 11.3 Å². The number of aromatic nitrogens is 1. The van der Waals surface area contributed by atoms with Gasteiger partial charge >= 0.3 is 0 Å². The zero-order valence-electron chi connectivity index (χ0n) is 8.77. The van der Waals surface area contributed by atoms with Crippen LogP contribution in [0, 0.1) is 5.82 Å². The van der Waals surface area contributed by atoms with E-state index in [1.165, 1.54) is 25.1 Å². The molecule has 0 saturated carbocycles. The molecule has 0 amide bonds. The van der Waals surface area contributed by atoms with Crippen molar-refractivity contribution >= 4 is 5.78 Å². The van der Waals surface area contributed by atoms with Gasteiger partial charge in [-0.3, -0.25) is 9.78 Å². The lowest BCUT2D eigenvalue weighted by Gasteiger charge is -2.06. The van der Waals surface area contributed by atoms with Gasteiger partial charge in [-0.15, -0.1) is 0 Å². The summed E-state index contributed by atoms with van der Waals surface area (Å²) in [6.45, 7) is 1.46. The molecule has 1 aromatic heterocycles. The van der Waals surface area contributed by atoms with Crippen LogP contribution in [0.15, 0.2) is 42.6 Å². The van der Waals surface area contributed by atoms with Crippen molar-refractivity contribution in [1.29, 1.82) is 0 Å². The number of nitrogens with zero attached hydrogens (tertiary/aromatic N) is 1. The Morgan fingerprint density at radius 3 is 2.69 bits per heavy atom. The third kappa shape index (κ3) is 1.98. The lowest BCUT2D eigenvalue weighted by molar-refractivity contribution is 0.101. The van der Waals surface area contributed by atoms with Crippen molar-refractivity contribution in [1.82, 2.24) is 4.98 Å². The highest BCUT2D eigenvalue weighted by atomic mass is 19.1. The summed E-state index contributed by atoms with van der Waals surface area (Å²) in [6, 6.07) is 9.43. The summed E-state index contributed by atoms with van der Waals surface area (Å²) in [6.07, 6.45) is 1.62. The number of Topliss-reactive ketones (excluding diaryl/α,β-unsaturated/α-hetero) is 1. The van der Waals surface area contributed by atoms with Crippen LogP contribution in [0.1, 0.15) is 17.3 Å². The zero-order chi connectivity index (χ0) is 11.5. The molecular weight excluding hydrogens is 205 g/mol. The third-order valence-electron chi connectivity index (χ3n) is 2.30. The summed E-state index contributed by atoms with van der Waals surface area (Å²) in [4.78, 5) is 15.5. The Morgan fingerprint density at radius 2 is 2.06 bits per heavy atom. The standard InChI is InChI=1S/C13H10FNO/c1-9(16)11-6-5-10(14)8-12(11)13-4-2-3-7-15-13/h2-8H,1H3. The molecule has 2 rings (SSSR count). The van der Waals surface area contributed by atoms with Crippen molar-refractivity contribution in [3.05, 3.63) is 54.0 Å². The average Bonchev–Trinajstić information content (AvgIpc) is 2.29. The van der Waals surface area contributed by atoms with Gasteiger partial charge in [0, 0.05) is 17.3 Å². The van der Waals surface area contributed by atoms with Crippen LogP contribution in [0.5, 0.6) is 0 Å². The Hall–Kier alpha value is -2.03. The molecule has 2 nitrogen and oxygen atoms in total. The van der Waals surface area contributed by atoms with Crippen LogP contribution < -0.4 is 0 Å². The van der Waals surface area contributed by atoms with Crippen LogP contribution in [0.4, 0.5) is 4.39 Å². The lowest BCUT2D eigenvalue weighted by Crippen LogP contribution is -1.97. The summed E-state index contributed by atoms with van der Waals surface area (Å²) in [5.74, 6) is -0.466. The van der Waals surface area contributed by atoms with Crippen LogP contribution >= 0.6 is 0 Å². The normalized spacial score (nSPS) is 10.1. The number of hydrogen-bond donors (Lipinski definition) is 0. The molecule has 2 aromatic rings. The Bertz CT molecular complexity index is 523. The van der Waals surface area contributed by atoms with E-state index in [-0.39, 0.29) is 11.6 Å². The SMILES string of the molecule is CC(=O)c1ccc(F)cc1-c1ccccn1. The first-order valence-corrected chi connectivity index (χ1v) is 4.90. The number of benzene rings is 1. The van der Waals surface area contributed by atoms with Gasteiger partial charge in [-0.1, -0.05) is 6.07 Å². The first-order chi connectivity index (χ1) is 7.68. The first-order valence-electron chi connectivity index (χ1n) is 4.90. The second kappa shape index (κ2) is 4.23. The van der Waals surface area contributed by atoms with Crippen LogP contribution in [-0.2, 0) is 0 Å². The van der Waals surface area contributed by atoms with Gasteiger partial charge in [0.1, 0.15) is 5.82 Å². The zero-order valence-corrected chi connectivity index (χ0v) is 8.77. The summed E-state index contributed by atoms with van der Waals surface area (Å²) >= 11 is 0. The van der Waals surface area contributed by atoms with E-state index in [9.17, 15) is 9.18 Å². The van der Waals surface area contributed by atoms with E-state index >= 15 is 0 Å². The van der Waals surface area contributed by atoms with Gasteiger partial charge in [0.05, 0.1) is 5.69 Å². The van der Waals surface area contributed by atoms with Crippen molar-refractivity contribution in [3.63, 3.8) is 0 Å². The van der Waals surface area contributed by atoms with E-state index in [0.717, 1.165) is 0 Å². The molecule has 0 aliphatic carbocycles. The van der Waals surface area contributed by atoms with E-state index < -0.39 is 0 Å². The number of rotatable bonds is 2. The van der Waals surface area contributed by atoms with Gasteiger partial charge in [-0.2, -0.15) is 0 Å². The Kier molecular flexibility index (Phi) is 2.77. The quantitative estimate of drug-likeness (QED) is 0.720. The predicted molar refractivity (Wildman–Crippen MR) is 59.6 cm³/mol. The predicted octanol–water partition coefficient (Wildman–Crippen LogP) is 3.09. The topological polar surface area (TPSA) is 30.0 Å². The highest BCUT2D eigenvalue weighted by Gasteiger charge is 2.10. The van der Waals surface area contributed by atoms with Gasteiger partial charge in [-0.25, -0.2) is 4.39 Å². The fourth-order valence-electron chi connectivity index (χ4n) is 1.56. The van der Waals surface area contributed by atoms with E-state index in [1.54, 1.807) is 24.4 Å². The highest BCUT2D eigenvalue weighted by molar-refractivity contribution is 6.00.